The van der Waals surface area contributed by atoms with Crippen LogP contribution in [-0.2, 0) is 20.0 Å². The van der Waals surface area contributed by atoms with Crippen LogP contribution in [0.5, 0.6) is 0 Å². The minimum Gasteiger partial charge on any atom is -1.00 e. The van der Waals surface area contributed by atoms with Crippen molar-refractivity contribution >= 4 is 12.2 Å². The van der Waals surface area contributed by atoms with E-state index in [1.54, 1.807) is 22.3 Å². The molecule has 0 radical (unpaired) electrons. The third-order valence-corrected chi connectivity index (χ3v) is 34.2. The fraction of sp³-hybridized carbons (Fsp3) is 0.404. The zero-order chi connectivity index (χ0) is 33.7. The van der Waals surface area contributed by atoms with E-state index in [0.717, 1.165) is 0 Å². The smallest absolute Gasteiger partial charge is 1.00 e. The van der Waals surface area contributed by atoms with E-state index < -0.39 is 20.0 Å². The second kappa shape index (κ2) is 15.8. The van der Waals surface area contributed by atoms with Crippen molar-refractivity contribution in [3.63, 3.8) is 0 Å². The molecule has 1 heterocycles. The molecule has 1 fully saturated rings. The Morgan fingerprint density at radius 1 is 0.520 bits per heavy atom. The summed E-state index contributed by atoms with van der Waals surface area (Å²) in [6.07, 6.45) is 9.26. The first-order chi connectivity index (χ1) is 23.1. The molecule has 0 aromatic heterocycles. The van der Waals surface area contributed by atoms with Crippen LogP contribution >= 0.6 is 0 Å². The molecule has 2 aliphatic carbocycles. The van der Waals surface area contributed by atoms with Gasteiger partial charge in [0.1, 0.15) is 0 Å². The maximum atomic E-state index is 2.69. The number of hydrogen-bond acceptors (Lipinski definition) is 0. The van der Waals surface area contributed by atoms with Crippen LogP contribution in [0.25, 0.3) is 34.4 Å². The van der Waals surface area contributed by atoms with Crippen LogP contribution in [0.15, 0.2) is 96.1 Å². The molecule has 0 saturated carbocycles. The van der Waals surface area contributed by atoms with E-state index in [1.807, 2.05) is 0 Å². The van der Waals surface area contributed by atoms with Gasteiger partial charge in [-0.15, -0.1) is 0 Å². The fourth-order valence-corrected chi connectivity index (χ4v) is 32.1. The molecule has 0 nitrogen and oxygen atoms in total. The molecule has 4 aromatic rings. The Hall–Kier alpha value is -2.19. The van der Waals surface area contributed by atoms with Crippen molar-refractivity contribution in [2.24, 2.45) is 11.8 Å². The Morgan fingerprint density at radius 2 is 0.900 bits per heavy atom. The van der Waals surface area contributed by atoms with Crippen LogP contribution < -0.4 is 24.8 Å². The summed E-state index contributed by atoms with van der Waals surface area (Å²) in [7, 11) is 0. The number of benzene rings is 4. The molecule has 0 bridgehead atoms. The molecule has 1 saturated heterocycles. The van der Waals surface area contributed by atoms with Gasteiger partial charge in [-0.2, -0.15) is 0 Å². The SMILES string of the molecule is CC(C)CC1=Cc2c(-c3ccc(C(C)C)cc3)cccc2[CH]1[Hf+2]1([CH]2C(CC(C)C)=Cc3c(-c4ccc(C(C)C)cc4)cccc32)[CH2]C[CH2]1.[Cl-].[Cl-]. The molecule has 1 aliphatic heterocycles. The van der Waals surface area contributed by atoms with Crippen molar-refractivity contribution in [2.75, 3.05) is 0 Å². The molecule has 2 atom stereocenters. The van der Waals surface area contributed by atoms with E-state index in [9.17, 15) is 0 Å². The number of rotatable bonds is 10. The average Bonchev–Trinajstić information content (AvgIpc) is 3.58. The summed E-state index contributed by atoms with van der Waals surface area (Å²) in [6, 6.07) is 33.6. The van der Waals surface area contributed by atoms with Gasteiger partial charge in [-0.3, -0.25) is 0 Å². The predicted octanol–water partition coefficient (Wildman–Crippen LogP) is 8.34. The topological polar surface area (TPSA) is 0 Å². The Kier molecular flexibility index (Phi) is 12.3. The second-order valence-electron chi connectivity index (χ2n) is 16.8. The van der Waals surface area contributed by atoms with E-state index in [1.165, 1.54) is 72.1 Å². The average molecular weight is 870 g/mol. The van der Waals surface area contributed by atoms with Crippen LogP contribution in [0.3, 0.4) is 0 Å². The van der Waals surface area contributed by atoms with Crippen molar-refractivity contribution < 1.29 is 44.8 Å². The van der Waals surface area contributed by atoms with Crippen LogP contribution in [0.2, 0.25) is 8.35 Å². The van der Waals surface area contributed by atoms with E-state index >= 15 is 0 Å². The van der Waals surface area contributed by atoms with Gasteiger partial charge in [0.25, 0.3) is 0 Å². The first-order valence-corrected chi connectivity index (χ1v) is 28.2. The van der Waals surface area contributed by atoms with Crippen molar-refractivity contribution in [2.45, 2.75) is 102 Å². The first-order valence-electron chi connectivity index (χ1n) is 18.9. The standard InChI is InChI=1S/2C22H25.C3H6.2ClH.Hf/c2*1-15(2)12-17-13-20-6-5-7-21(22(20)14-17)19-10-8-18(9-11-19)16(3)4;1-3-2;;;/h2*5-11,13-16H,12H2,1-4H3;1-3H2;2*1H;/q;;;;;+2/p-2. The Balaban J connectivity index is 0.00000243. The van der Waals surface area contributed by atoms with Crippen molar-refractivity contribution in [3.8, 4) is 22.3 Å². The number of allylic oxidation sites excluding steroid dienone is 2. The molecule has 262 valence electrons. The Bertz CT molecular complexity index is 1720. The van der Waals surface area contributed by atoms with E-state index in [4.69, 9.17) is 0 Å². The molecule has 3 heteroatoms. The molecule has 0 amide bonds. The number of hydrogen-bond donors (Lipinski definition) is 0. The maximum Gasteiger partial charge on any atom is -1.00 e. The molecule has 4 aromatic carbocycles. The van der Waals surface area contributed by atoms with Gasteiger partial charge in [-0.1, -0.05) is 0 Å². The zero-order valence-electron chi connectivity index (χ0n) is 31.5. The minimum atomic E-state index is -3.12. The van der Waals surface area contributed by atoms with Gasteiger partial charge < -0.3 is 24.8 Å². The molecule has 2 unspecified atom stereocenters. The van der Waals surface area contributed by atoms with Gasteiger partial charge in [0.2, 0.25) is 0 Å². The molecular formula is C47H56Cl2Hf. The van der Waals surface area contributed by atoms with Gasteiger partial charge >= 0.3 is 298 Å². The minimum absolute atomic E-state index is 0. The summed E-state index contributed by atoms with van der Waals surface area (Å²) in [5.41, 5.74) is 18.4. The normalized spacial score (nSPS) is 18.1. The molecule has 7 rings (SSSR count). The summed E-state index contributed by atoms with van der Waals surface area (Å²) in [5, 5.41) is 0. The summed E-state index contributed by atoms with van der Waals surface area (Å²) >= 11 is -3.12. The van der Waals surface area contributed by atoms with E-state index in [0.29, 0.717) is 31.0 Å². The quantitative estimate of drug-likeness (QED) is 0.141. The second-order valence-corrected chi connectivity index (χ2v) is 33.4. The third-order valence-electron chi connectivity index (χ3n) is 11.8. The zero-order valence-corrected chi connectivity index (χ0v) is 36.6. The van der Waals surface area contributed by atoms with Gasteiger partial charge in [0.15, 0.2) is 0 Å². The summed E-state index contributed by atoms with van der Waals surface area (Å²) < 4.78 is 4.40. The molecule has 3 aliphatic rings. The first kappa shape index (κ1) is 39.0. The van der Waals surface area contributed by atoms with Crippen LogP contribution in [-0.4, -0.2) is 0 Å². The van der Waals surface area contributed by atoms with Gasteiger partial charge in [0.05, 0.1) is 0 Å². The fourth-order valence-electron chi connectivity index (χ4n) is 9.51. The van der Waals surface area contributed by atoms with E-state index in [-0.39, 0.29) is 24.8 Å². The summed E-state index contributed by atoms with van der Waals surface area (Å²) in [5.74, 6) is 2.43. The van der Waals surface area contributed by atoms with E-state index in [2.05, 4.69) is 152 Å². The van der Waals surface area contributed by atoms with Gasteiger partial charge in [0, 0.05) is 0 Å². The Labute approximate surface area is 320 Å². The molecular weight excluding hydrogens is 814 g/mol. The largest absolute Gasteiger partial charge is 1.00 e. The molecule has 0 spiro atoms. The molecule has 50 heavy (non-hydrogen) atoms. The summed E-state index contributed by atoms with van der Waals surface area (Å²) in [4.78, 5) is 0. The van der Waals surface area contributed by atoms with Crippen molar-refractivity contribution in [1.29, 1.82) is 0 Å². The number of halogens is 2. The van der Waals surface area contributed by atoms with Gasteiger partial charge in [-0.05, 0) is 0 Å². The maximum absolute atomic E-state index is 3.12. The predicted molar refractivity (Wildman–Crippen MR) is 207 cm³/mol. The van der Waals surface area contributed by atoms with Crippen LogP contribution in [0.1, 0.15) is 127 Å². The molecule has 0 N–H and O–H groups in total. The van der Waals surface area contributed by atoms with Crippen molar-refractivity contribution in [1.82, 2.24) is 0 Å². The number of fused-ring (bicyclic) bond motifs is 2. The van der Waals surface area contributed by atoms with Gasteiger partial charge in [-0.25, -0.2) is 0 Å². The van der Waals surface area contributed by atoms with Crippen LogP contribution in [0, 0.1) is 11.8 Å². The van der Waals surface area contributed by atoms with Crippen LogP contribution in [0.4, 0.5) is 0 Å². The van der Waals surface area contributed by atoms with Crippen molar-refractivity contribution in [3.05, 3.63) is 129 Å². The third kappa shape index (κ3) is 7.10. The summed E-state index contributed by atoms with van der Waals surface area (Å²) in [6.45, 7) is 18.9. The Morgan fingerprint density at radius 3 is 1.20 bits per heavy atom. The monoisotopic (exact) mass is 870 g/mol.